The Labute approximate surface area is 185 Å². The summed E-state index contributed by atoms with van der Waals surface area (Å²) in [5, 5.41) is 6.70. The Morgan fingerprint density at radius 2 is 1.83 bits per heavy atom. The second kappa shape index (κ2) is 9.96. The highest BCUT2D eigenvalue weighted by atomic mass is 35.5. The van der Waals surface area contributed by atoms with Gasteiger partial charge in [-0.25, -0.2) is 8.42 Å². The molecule has 3 aliphatic rings. The average molecular weight is 464 g/mol. The molecule has 6 nitrogen and oxygen atoms in total. The number of nitrogens with one attached hydrogen (secondary N) is 2. The van der Waals surface area contributed by atoms with Crippen LogP contribution in [-0.2, 0) is 9.84 Å². The summed E-state index contributed by atoms with van der Waals surface area (Å²) in [6, 6.07) is 7.23. The fourth-order valence-corrected chi connectivity index (χ4v) is 5.83. The van der Waals surface area contributed by atoms with Crippen molar-refractivity contribution in [2.45, 2.75) is 42.7 Å². The fourth-order valence-electron chi connectivity index (χ4n) is 5.20. The van der Waals surface area contributed by atoms with Crippen molar-refractivity contribution in [3.63, 3.8) is 0 Å². The van der Waals surface area contributed by atoms with Crippen LogP contribution in [-0.4, -0.2) is 63.7 Å². The predicted molar refractivity (Wildman–Crippen MR) is 119 cm³/mol. The highest BCUT2D eigenvalue weighted by Crippen LogP contribution is 2.38. The molecule has 0 unspecified atom stereocenters. The molecule has 2 bridgehead atoms. The van der Waals surface area contributed by atoms with Crippen LogP contribution in [0.2, 0.25) is 0 Å². The van der Waals surface area contributed by atoms with Gasteiger partial charge >= 0.3 is 0 Å². The summed E-state index contributed by atoms with van der Waals surface area (Å²) in [6.07, 6.45) is 6.27. The van der Waals surface area contributed by atoms with Gasteiger partial charge in [-0.05, 0) is 75.0 Å². The molecule has 9 heteroatoms. The van der Waals surface area contributed by atoms with Gasteiger partial charge in [-0.3, -0.25) is 9.69 Å². The Hall–Kier alpha value is -0.860. The van der Waals surface area contributed by atoms with Gasteiger partial charge in [-0.15, -0.1) is 24.8 Å². The number of carbonyl (C=O) groups is 1. The zero-order valence-electron chi connectivity index (χ0n) is 16.7. The molecule has 0 saturated carbocycles. The Morgan fingerprint density at radius 3 is 2.52 bits per heavy atom. The summed E-state index contributed by atoms with van der Waals surface area (Å²) >= 11 is 0. The van der Waals surface area contributed by atoms with Crippen molar-refractivity contribution in [2.24, 2.45) is 11.8 Å². The maximum Gasteiger partial charge on any atom is 0.251 e. The van der Waals surface area contributed by atoms with Gasteiger partial charge < -0.3 is 10.6 Å². The van der Waals surface area contributed by atoms with Gasteiger partial charge in [0.15, 0.2) is 9.84 Å². The van der Waals surface area contributed by atoms with E-state index in [-0.39, 0.29) is 35.6 Å². The molecule has 1 aromatic carbocycles. The van der Waals surface area contributed by atoms with Crippen LogP contribution in [0.5, 0.6) is 0 Å². The summed E-state index contributed by atoms with van der Waals surface area (Å²) in [5.41, 5.74) is 0.507. The standard InChI is InChI=1S/C20H29N3O3S.2ClH/c1-27(25,26)17-7-5-14(6-8-17)20(24)22-13-19-16-10-15(11-21-12-16)18-4-2-3-9-23(18)19;;/h5-8,15-16,18-19,21H,2-4,9-13H2,1H3,(H,22,24);2*1H/t15-,16+,18+,19+;;/m1../s1. The molecule has 0 spiro atoms. The molecule has 3 saturated heterocycles. The number of fused-ring (bicyclic) bond motifs is 4. The lowest BCUT2D eigenvalue weighted by molar-refractivity contribution is -0.0371. The van der Waals surface area contributed by atoms with Crippen LogP contribution in [0, 0.1) is 11.8 Å². The zero-order valence-corrected chi connectivity index (χ0v) is 19.1. The van der Waals surface area contributed by atoms with Crippen molar-refractivity contribution in [2.75, 3.05) is 32.4 Å². The number of piperidine rings is 3. The quantitative estimate of drug-likeness (QED) is 0.714. The van der Waals surface area contributed by atoms with Crippen LogP contribution < -0.4 is 10.6 Å². The molecule has 29 heavy (non-hydrogen) atoms. The normalized spacial score (nSPS) is 29.0. The minimum Gasteiger partial charge on any atom is -0.350 e. The molecular weight excluding hydrogens is 433 g/mol. The molecule has 3 heterocycles. The van der Waals surface area contributed by atoms with Crippen LogP contribution >= 0.6 is 24.8 Å². The largest absolute Gasteiger partial charge is 0.350 e. The summed E-state index contributed by atoms with van der Waals surface area (Å²) in [5.74, 6) is 1.21. The molecule has 3 aliphatic heterocycles. The number of nitrogens with zero attached hydrogens (tertiary/aromatic N) is 1. The molecule has 0 aliphatic carbocycles. The summed E-state index contributed by atoms with van der Waals surface area (Å²) in [4.78, 5) is 15.5. The first-order chi connectivity index (χ1) is 12.9. The number of carbonyl (C=O) groups excluding carboxylic acids is 1. The van der Waals surface area contributed by atoms with E-state index in [1.54, 1.807) is 12.1 Å². The maximum absolute atomic E-state index is 12.6. The van der Waals surface area contributed by atoms with Crippen LogP contribution in [0.15, 0.2) is 29.2 Å². The topological polar surface area (TPSA) is 78.5 Å². The van der Waals surface area contributed by atoms with E-state index < -0.39 is 9.84 Å². The van der Waals surface area contributed by atoms with E-state index in [4.69, 9.17) is 0 Å². The lowest BCUT2D eigenvalue weighted by atomic mass is 9.73. The first kappa shape index (κ1) is 24.4. The van der Waals surface area contributed by atoms with E-state index in [1.807, 2.05) is 0 Å². The highest BCUT2D eigenvalue weighted by Gasteiger charge is 2.45. The monoisotopic (exact) mass is 463 g/mol. The lowest BCUT2D eigenvalue weighted by Gasteiger charge is -2.55. The van der Waals surface area contributed by atoms with Gasteiger partial charge in [-0.1, -0.05) is 6.42 Å². The van der Waals surface area contributed by atoms with Crippen molar-refractivity contribution < 1.29 is 13.2 Å². The SMILES string of the molecule is CS(=O)(=O)c1ccc(C(=O)NC[C@H]2[C@@H]3CNC[C@@H](C3)[C@@H]3CCCCN32)cc1.Cl.Cl. The van der Waals surface area contributed by atoms with Crippen molar-refractivity contribution in [3.8, 4) is 0 Å². The average Bonchev–Trinajstić information content (AvgIpc) is 2.67. The van der Waals surface area contributed by atoms with Crippen molar-refractivity contribution in [1.29, 1.82) is 0 Å². The summed E-state index contributed by atoms with van der Waals surface area (Å²) < 4.78 is 23.1. The second-order valence-corrected chi connectivity index (χ2v) is 10.3. The third-order valence-corrected chi connectivity index (χ3v) is 7.67. The minimum absolute atomic E-state index is 0. The number of halogens is 2. The van der Waals surface area contributed by atoms with Crippen LogP contribution in [0.25, 0.3) is 0 Å². The molecule has 0 aromatic heterocycles. The number of rotatable bonds is 4. The van der Waals surface area contributed by atoms with Crippen LogP contribution in [0.1, 0.15) is 36.0 Å². The van der Waals surface area contributed by atoms with E-state index in [0.717, 1.165) is 25.6 Å². The summed E-state index contributed by atoms with van der Waals surface area (Å²) in [6.45, 7) is 3.95. The summed E-state index contributed by atoms with van der Waals surface area (Å²) in [7, 11) is -3.24. The number of sulfone groups is 1. The number of amides is 1. The molecule has 4 rings (SSSR count). The van der Waals surface area contributed by atoms with Gasteiger partial charge in [-0.2, -0.15) is 0 Å². The molecule has 1 amide bonds. The number of hydrogen-bond donors (Lipinski definition) is 2. The fraction of sp³-hybridized carbons (Fsp3) is 0.650. The molecular formula is C20H31Cl2N3O3S. The zero-order chi connectivity index (χ0) is 19.0. The first-order valence-electron chi connectivity index (χ1n) is 9.98. The van der Waals surface area contributed by atoms with E-state index >= 15 is 0 Å². The van der Waals surface area contributed by atoms with Crippen LogP contribution in [0.4, 0.5) is 0 Å². The van der Waals surface area contributed by atoms with Crippen LogP contribution in [0.3, 0.4) is 0 Å². The van der Waals surface area contributed by atoms with E-state index in [9.17, 15) is 13.2 Å². The Balaban J connectivity index is 0.00000150. The molecule has 1 aromatic rings. The van der Waals surface area contributed by atoms with Crippen molar-refractivity contribution >= 4 is 40.6 Å². The molecule has 4 atom stereocenters. The molecule has 0 radical (unpaired) electrons. The van der Waals surface area contributed by atoms with Gasteiger partial charge in [0.05, 0.1) is 4.90 Å². The molecule has 164 valence electrons. The maximum atomic E-state index is 12.6. The van der Waals surface area contributed by atoms with Crippen molar-refractivity contribution in [3.05, 3.63) is 29.8 Å². The van der Waals surface area contributed by atoms with Crippen molar-refractivity contribution in [1.82, 2.24) is 15.5 Å². The number of benzene rings is 1. The number of hydrogen-bond acceptors (Lipinski definition) is 5. The highest BCUT2D eigenvalue weighted by molar-refractivity contribution is 7.90. The Morgan fingerprint density at radius 1 is 1.14 bits per heavy atom. The lowest BCUT2D eigenvalue weighted by Crippen LogP contribution is -2.65. The van der Waals surface area contributed by atoms with E-state index in [1.165, 1.54) is 44.1 Å². The third kappa shape index (κ3) is 5.25. The third-order valence-electron chi connectivity index (χ3n) is 6.54. The first-order valence-corrected chi connectivity index (χ1v) is 11.9. The van der Waals surface area contributed by atoms with Gasteiger partial charge in [0.2, 0.25) is 0 Å². The van der Waals surface area contributed by atoms with Gasteiger partial charge in [0.25, 0.3) is 5.91 Å². The minimum atomic E-state index is -3.24. The molecule has 2 N–H and O–H groups in total. The van der Waals surface area contributed by atoms with Gasteiger partial charge in [0.1, 0.15) is 0 Å². The van der Waals surface area contributed by atoms with Gasteiger partial charge in [0, 0.05) is 30.4 Å². The van der Waals surface area contributed by atoms with E-state index in [2.05, 4.69) is 15.5 Å². The predicted octanol–water partition coefficient (Wildman–Crippen LogP) is 2.13. The Bertz CT molecular complexity index is 804. The Kier molecular flexibility index (Phi) is 8.39. The second-order valence-electron chi connectivity index (χ2n) is 8.29. The smallest absolute Gasteiger partial charge is 0.251 e. The molecule has 3 fully saturated rings. The van der Waals surface area contributed by atoms with E-state index in [0.29, 0.717) is 30.1 Å².